The van der Waals surface area contributed by atoms with Gasteiger partial charge in [-0.3, -0.25) is 4.79 Å². The maximum Gasteiger partial charge on any atom is 0.146 e. The number of carbonyl (C=O) groups is 1. The third kappa shape index (κ3) is 7.00. The monoisotopic (exact) mass is 202 g/mol. The molecule has 1 N–H and O–H groups in total. The van der Waals surface area contributed by atoms with Gasteiger partial charge in [0.05, 0.1) is 26.7 Å². The molecule has 0 aromatic rings. The molecule has 0 aromatic heterocycles. The van der Waals surface area contributed by atoms with Gasteiger partial charge in [-0.25, -0.2) is 0 Å². The lowest BCUT2D eigenvalue weighted by Gasteiger charge is -2.33. The highest BCUT2D eigenvalue weighted by Crippen LogP contribution is 2.05. The molecule has 0 radical (unpaired) electrons. The number of nitrogens with one attached hydrogen (secondary N) is 1. The lowest BCUT2D eigenvalue weighted by molar-refractivity contribution is -0.840. The molecule has 0 aliphatic rings. The van der Waals surface area contributed by atoms with Crippen LogP contribution in [-0.2, 0) is 4.79 Å². The number of hydroxylamine groups is 3. The zero-order valence-corrected chi connectivity index (χ0v) is 9.67. The highest BCUT2D eigenvalue weighted by Gasteiger charge is 2.11. The molecular formula is C10H22N2O2. The Morgan fingerprint density at radius 1 is 1.43 bits per heavy atom. The van der Waals surface area contributed by atoms with Gasteiger partial charge in [0, 0.05) is 0 Å². The molecule has 0 saturated heterocycles. The van der Waals surface area contributed by atoms with Gasteiger partial charge in [0.1, 0.15) is 5.78 Å². The van der Waals surface area contributed by atoms with Crippen LogP contribution in [0.4, 0.5) is 0 Å². The zero-order valence-electron chi connectivity index (χ0n) is 9.67. The maximum absolute atomic E-state index is 11.2. The van der Waals surface area contributed by atoms with Crippen LogP contribution in [0.2, 0.25) is 0 Å². The standard InChI is InChI=1S/C10H22N2O2/c1-9(13)10(11-2)7-5-6-8-12(3,4)14/h10-11H,5-8H2,1-4H3/t10-/m0/s1. The van der Waals surface area contributed by atoms with Gasteiger partial charge in [-0.15, -0.1) is 0 Å². The van der Waals surface area contributed by atoms with Gasteiger partial charge in [0.25, 0.3) is 0 Å². The van der Waals surface area contributed by atoms with E-state index < -0.39 is 0 Å². The quantitative estimate of drug-likeness (QED) is 0.379. The Hall–Kier alpha value is -0.450. The van der Waals surface area contributed by atoms with E-state index in [0.29, 0.717) is 6.54 Å². The first kappa shape index (κ1) is 13.5. The molecule has 0 unspecified atom stereocenters. The van der Waals surface area contributed by atoms with Crippen LogP contribution in [0.15, 0.2) is 0 Å². The normalized spacial score (nSPS) is 14.1. The van der Waals surface area contributed by atoms with Crippen LogP contribution in [0.1, 0.15) is 26.2 Å². The molecule has 0 saturated carbocycles. The molecule has 0 rings (SSSR count). The smallest absolute Gasteiger partial charge is 0.146 e. The van der Waals surface area contributed by atoms with Crippen molar-refractivity contribution >= 4 is 5.78 Å². The van der Waals surface area contributed by atoms with Crippen LogP contribution >= 0.6 is 0 Å². The van der Waals surface area contributed by atoms with Gasteiger partial charge in [0.2, 0.25) is 0 Å². The summed E-state index contributed by atoms with van der Waals surface area (Å²) in [6.45, 7) is 2.21. The van der Waals surface area contributed by atoms with E-state index in [-0.39, 0.29) is 16.5 Å². The summed E-state index contributed by atoms with van der Waals surface area (Å²) in [5.74, 6) is 0.170. The fourth-order valence-electron chi connectivity index (χ4n) is 1.39. The summed E-state index contributed by atoms with van der Waals surface area (Å²) in [7, 11) is 5.07. The maximum atomic E-state index is 11.2. The average molecular weight is 202 g/mol. The second-order valence-electron chi connectivity index (χ2n) is 4.25. The highest BCUT2D eigenvalue weighted by atomic mass is 16.5. The molecule has 4 nitrogen and oxygen atoms in total. The molecule has 0 spiro atoms. The number of rotatable bonds is 7. The van der Waals surface area contributed by atoms with Crippen molar-refractivity contribution in [3.8, 4) is 0 Å². The number of hydrogen-bond donors (Lipinski definition) is 1. The molecule has 14 heavy (non-hydrogen) atoms. The van der Waals surface area contributed by atoms with E-state index in [2.05, 4.69) is 5.32 Å². The third-order valence-electron chi connectivity index (χ3n) is 2.28. The van der Waals surface area contributed by atoms with Crippen molar-refractivity contribution in [2.45, 2.75) is 32.2 Å². The van der Waals surface area contributed by atoms with Crippen LogP contribution in [0, 0.1) is 5.21 Å². The van der Waals surface area contributed by atoms with E-state index in [4.69, 9.17) is 0 Å². The molecule has 0 fully saturated rings. The van der Waals surface area contributed by atoms with Crippen molar-refractivity contribution in [1.29, 1.82) is 0 Å². The first-order chi connectivity index (χ1) is 6.37. The number of quaternary nitrogens is 1. The number of hydrogen-bond acceptors (Lipinski definition) is 3. The first-order valence-electron chi connectivity index (χ1n) is 5.08. The second-order valence-corrected chi connectivity index (χ2v) is 4.25. The van der Waals surface area contributed by atoms with Gasteiger partial charge < -0.3 is 15.2 Å². The number of carbonyl (C=O) groups excluding carboxylic acids is 1. The Morgan fingerprint density at radius 2 is 2.00 bits per heavy atom. The minimum Gasteiger partial charge on any atom is -0.633 e. The second kappa shape index (κ2) is 6.11. The van der Waals surface area contributed by atoms with E-state index in [1.54, 1.807) is 28.1 Å². The molecule has 0 heterocycles. The molecule has 4 heteroatoms. The Morgan fingerprint density at radius 3 is 2.36 bits per heavy atom. The van der Waals surface area contributed by atoms with Crippen molar-refractivity contribution in [2.24, 2.45) is 0 Å². The number of nitrogens with zero attached hydrogens (tertiary/aromatic N) is 1. The summed E-state index contributed by atoms with van der Waals surface area (Å²) >= 11 is 0. The fraction of sp³-hybridized carbons (Fsp3) is 0.900. The summed E-state index contributed by atoms with van der Waals surface area (Å²) in [5, 5.41) is 14.2. The molecule has 0 bridgehead atoms. The van der Waals surface area contributed by atoms with Gasteiger partial charge >= 0.3 is 0 Å². The van der Waals surface area contributed by atoms with Crippen molar-refractivity contribution in [3.63, 3.8) is 0 Å². The van der Waals surface area contributed by atoms with Crippen molar-refractivity contribution < 1.29 is 9.44 Å². The molecule has 0 aliphatic carbocycles. The lowest BCUT2D eigenvalue weighted by Crippen LogP contribution is -2.34. The molecular weight excluding hydrogens is 180 g/mol. The predicted molar refractivity (Wildman–Crippen MR) is 57.7 cm³/mol. The molecule has 0 aromatic carbocycles. The van der Waals surface area contributed by atoms with E-state index in [1.165, 1.54) is 0 Å². The fourth-order valence-corrected chi connectivity index (χ4v) is 1.39. The Labute approximate surface area is 86.5 Å². The summed E-state index contributed by atoms with van der Waals surface area (Å²) in [5.41, 5.74) is 0. The van der Waals surface area contributed by atoms with Gasteiger partial charge in [-0.05, 0) is 33.2 Å². The van der Waals surface area contributed by atoms with E-state index in [0.717, 1.165) is 19.3 Å². The SMILES string of the molecule is CN[C@@H](CCCC[N+](C)(C)[O-])C(C)=O. The van der Waals surface area contributed by atoms with Crippen LogP contribution in [0.5, 0.6) is 0 Å². The summed E-state index contributed by atoms with van der Waals surface area (Å²) in [6, 6.07) is -0.0442. The van der Waals surface area contributed by atoms with Crippen LogP contribution in [0.25, 0.3) is 0 Å². The minimum atomic E-state index is -0.246. The Kier molecular flexibility index (Phi) is 5.92. The van der Waals surface area contributed by atoms with E-state index >= 15 is 0 Å². The summed E-state index contributed by atoms with van der Waals surface area (Å²) in [4.78, 5) is 11.0. The summed E-state index contributed by atoms with van der Waals surface area (Å²) in [6.07, 6.45) is 2.63. The molecule has 84 valence electrons. The minimum absolute atomic E-state index is 0.0442. The Bertz CT molecular complexity index is 175. The van der Waals surface area contributed by atoms with Crippen LogP contribution in [0.3, 0.4) is 0 Å². The molecule has 0 aliphatic heterocycles. The predicted octanol–water partition coefficient (Wildman–Crippen LogP) is 0.908. The van der Waals surface area contributed by atoms with E-state index in [1.807, 2.05) is 0 Å². The van der Waals surface area contributed by atoms with Crippen molar-refractivity contribution in [1.82, 2.24) is 5.32 Å². The van der Waals surface area contributed by atoms with Gasteiger partial charge in [-0.1, -0.05) is 0 Å². The van der Waals surface area contributed by atoms with Crippen molar-refractivity contribution in [3.05, 3.63) is 5.21 Å². The Balaban J connectivity index is 3.58. The largest absolute Gasteiger partial charge is 0.633 e. The van der Waals surface area contributed by atoms with Gasteiger partial charge in [0.15, 0.2) is 0 Å². The average Bonchev–Trinajstić information content (AvgIpc) is 2.01. The van der Waals surface area contributed by atoms with Crippen molar-refractivity contribution in [2.75, 3.05) is 27.7 Å². The highest BCUT2D eigenvalue weighted by molar-refractivity contribution is 5.81. The number of unbranched alkanes of at least 4 members (excludes halogenated alkanes) is 1. The summed E-state index contributed by atoms with van der Waals surface area (Å²) < 4.78 is -0.246. The first-order valence-corrected chi connectivity index (χ1v) is 5.08. The van der Waals surface area contributed by atoms with Gasteiger partial charge in [-0.2, -0.15) is 0 Å². The lowest BCUT2D eigenvalue weighted by atomic mass is 10.1. The third-order valence-corrected chi connectivity index (χ3v) is 2.28. The van der Waals surface area contributed by atoms with Crippen LogP contribution < -0.4 is 5.32 Å². The number of likely N-dealkylation sites (N-methyl/N-ethyl adjacent to an activating group) is 1. The van der Waals surface area contributed by atoms with Crippen LogP contribution in [-0.4, -0.2) is 44.2 Å². The molecule has 0 amide bonds. The van der Waals surface area contributed by atoms with E-state index in [9.17, 15) is 10.0 Å². The molecule has 1 atom stereocenters. The number of Topliss-reactive ketones (excluding diaryl/α,β-unsaturated/α-hetero) is 1. The number of ketones is 1. The topological polar surface area (TPSA) is 52.2 Å². The zero-order chi connectivity index (χ0) is 11.2.